The summed E-state index contributed by atoms with van der Waals surface area (Å²) in [5.41, 5.74) is 1.33. The number of pyridine rings is 1. The van der Waals surface area contributed by atoms with Crippen LogP contribution in [0, 0.1) is 10.1 Å². The minimum Gasteiger partial charge on any atom is -0.472 e. The van der Waals surface area contributed by atoms with Crippen LogP contribution < -0.4 is 5.32 Å². The topological polar surface area (TPSA) is 81.2 Å². The molecule has 0 aliphatic heterocycles. The zero-order valence-electron chi connectivity index (χ0n) is 8.29. The highest BCUT2D eigenvalue weighted by atomic mass is 16.6. The summed E-state index contributed by atoms with van der Waals surface area (Å²) in [6.45, 7) is 0.474. The third-order valence-corrected chi connectivity index (χ3v) is 2.06. The van der Waals surface area contributed by atoms with Crippen LogP contribution >= 0.6 is 0 Å². The lowest BCUT2D eigenvalue weighted by Gasteiger charge is -2.04. The van der Waals surface area contributed by atoms with E-state index in [0.717, 1.165) is 5.56 Å². The van der Waals surface area contributed by atoms with Gasteiger partial charge in [-0.05, 0) is 12.1 Å². The summed E-state index contributed by atoms with van der Waals surface area (Å²) < 4.78 is 4.89. The number of rotatable bonds is 4. The van der Waals surface area contributed by atoms with Crippen LogP contribution in [-0.2, 0) is 6.54 Å². The maximum Gasteiger partial charge on any atom is 0.310 e. The molecule has 0 bridgehead atoms. The molecule has 6 nitrogen and oxygen atoms in total. The average Bonchev–Trinajstić information content (AvgIpc) is 2.79. The Balaban J connectivity index is 2.12. The Morgan fingerprint density at radius 3 is 3.06 bits per heavy atom. The monoisotopic (exact) mass is 219 g/mol. The fourth-order valence-corrected chi connectivity index (χ4v) is 1.27. The molecule has 0 atom stereocenters. The zero-order valence-corrected chi connectivity index (χ0v) is 8.29. The lowest BCUT2D eigenvalue weighted by molar-refractivity contribution is -0.384. The summed E-state index contributed by atoms with van der Waals surface area (Å²) in [7, 11) is 0. The van der Waals surface area contributed by atoms with Crippen LogP contribution in [0.25, 0.3) is 0 Å². The molecule has 1 N–H and O–H groups in total. The van der Waals surface area contributed by atoms with Gasteiger partial charge in [0.25, 0.3) is 0 Å². The summed E-state index contributed by atoms with van der Waals surface area (Å²) in [5, 5.41) is 13.6. The molecule has 2 rings (SSSR count). The Labute approximate surface area is 91.1 Å². The number of hydrogen-bond acceptors (Lipinski definition) is 5. The van der Waals surface area contributed by atoms with Gasteiger partial charge in [-0.15, -0.1) is 0 Å². The molecule has 2 aromatic heterocycles. The minimum absolute atomic E-state index is 0.0361. The number of hydrogen-bond donors (Lipinski definition) is 1. The molecule has 0 aliphatic rings. The lowest BCUT2D eigenvalue weighted by Crippen LogP contribution is -2.02. The Hall–Kier alpha value is -2.37. The van der Waals surface area contributed by atoms with E-state index in [0.29, 0.717) is 12.2 Å². The van der Waals surface area contributed by atoms with Crippen molar-refractivity contribution >= 4 is 11.4 Å². The number of nitrogens with one attached hydrogen (secondary N) is 1. The van der Waals surface area contributed by atoms with Gasteiger partial charge in [-0.1, -0.05) is 0 Å². The van der Waals surface area contributed by atoms with Crippen molar-refractivity contribution < 1.29 is 9.34 Å². The zero-order chi connectivity index (χ0) is 11.4. The molecule has 0 radical (unpaired) electrons. The van der Waals surface area contributed by atoms with Gasteiger partial charge in [0.1, 0.15) is 11.9 Å². The molecule has 82 valence electrons. The van der Waals surface area contributed by atoms with Crippen molar-refractivity contribution in [1.29, 1.82) is 0 Å². The van der Waals surface area contributed by atoms with Gasteiger partial charge in [-0.25, -0.2) is 0 Å². The maximum atomic E-state index is 10.7. The summed E-state index contributed by atoms with van der Waals surface area (Å²) in [6, 6.07) is 3.36. The van der Waals surface area contributed by atoms with E-state index < -0.39 is 4.92 Å². The molecule has 0 unspecified atom stereocenters. The van der Waals surface area contributed by atoms with E-state index in [2.05, 4.69) is 10.3 Å². The van der Waals surface area contributed by atoms with Crippen LogP contribution in [0.3, 0.4) is 0 Å². The van der Waals surface area contributed by atoms with Gasteiger partial charge in [-0.2, -0.15) is 0 Å². The molecule has 2 aromatic rings. The first-order valence-electron chi connectivity index (χ1n) is 4.61. The SMILES string of the molecule is O=[N+]([O-])c1cnccc1NCc1ccoc1. The standard InChI is InChI=1S/C10H9N3O3/c14-13(15)10-6-11-3-1-9(10)12-5-8-2-4-16-7-8/h1-4,6-7H,5H2,(H,11,12). The molecule has 0 amide bonds. The molecule has 0 spiro atoms. The van der Waals surface area contributed by atoms with Gasteiger partial charge in [0, 0.05) is 18.3 Å². The third kappa shape index (κ3) is 2.17. The van der Waals surface area contributed by atoms with Crippen LogP contribution in [0.1, 0.15) is 5.56 Å². The first-order chi connectivity index (χ1) is 7.77. The Morgan fingerprint density at radius 1 is 1.50 bits per heavy atom. The maximum absolute atomic E-state index is 10.7. The van der Waals surface area contributed by atoms with Crippen molar-refractivity contribution in [2.45, 2.75) is 6.54 Å². The van der Waals surface area contributed by atoms with Gasteiger partial charge in [-0.3, -0.25) is 15.1 Å². The normalized spacial score (nSPS) is 10.0. The van der Waals surface area contributed by atoms with Gasteiger partial charge in [0.2, 0.25) is 0 Å². The van der Waals surface area contributed by atoms with Gasteiger partial charge >= 0.3 is 5.69 Å². The molecule has 6 heteroatoms. The Morgan fingerprint density at radius 2 is 2.38 bits per heavy atom. The van der Waals surface area contributed by atoms with Crippen LogP contribution in [0.15, 0.2) is 41.5 Å². The fraction of sp³-hybridized carbons (Fsp3) is 0.100. The Bertz CT molecular complexity index is 482. The van der Waals surface area contributed by atoms with E-state index >= 15 is 0 Å². The van der Waals surface area contributed by atoms with E-state index in [1.807, 2.05) is 0 Å². The van der Waals surface area contributed by atoms with Crippen molar-refractivity contribution in [3.8, 4) is 0 Å². The summed E-state index contributed by atoms with van der Waals surface area (Å²) >= 11 is 0. The highest BCUT2D eigenvalue weighted by Gasteiger charge is 2.12. The summed E-state index contributed by atoms with van der Waals surface area (Å²) in [5.74, 6) is 0. The molecular weight excluding hydrogens is 210 g/mol. The number of anilines is 1. The van der Waals surface area contributed by atoms with E-state index in [1.165, 1.54) is 12.4 Å². The molecule has 2 heterocycles. The van der Waals surface area contributed by atoms with Crippen LogP contribution in [-0.4, -0.2) is 9.91 Å². The number of furan rings is 1. The lowest BCUT2D eigenvalue weighted by atomic mass is 10.3. The van der Waals surface area contributed by atoms with Crippen molar-refractivity contribution in [1.82, 2.24) is 4.98 Å². The van der Waals surface area contributed by atoms with Gasteiger partial charge in [0.15, 0.2) is 0 Å². The first-order valence-corrected chi connectivity index (χ1v) is 4.61. The van der Waals surface area contributed by atoms with Crippen molar-refractivity contribution in [3.05, 3.63) is 52.7 Å². The van der Waals surface area contributed by atoms with Crippen LogP contribution in [0.2, 0.25) is 0 Å². The third-order valence-electron chi connectivity index (χ3n) is 2.06. The summed E-state index contributed by atoms with van der Waals surface area (Å²) in [6.07, 6.45) is 5.86. The van der Waals surface area contributed by atoms with Crippen molar-refractivity contribution in [2.75, 3.05) is 5.32 Å². The van der Waals surface area contributed by atoms with E-state index in [-0.39, 0.29) is 5.69 Å². The fourth-order valence-electron chi connectivity index (χ4n) is 1.27. The first kappa shape index (κ1) is 10.2. The van der Waals surface area contributed by atoms with Crippen molar-refractivity contribution in [2.24, 2.45) is 0 Å². The van der Waals surface area contributed by atoms with Gasteiger partial charge < -0.3 is 9.73 Å². The predicted molar refractivity (Wildman–Crippen MR) is 56.9 cm³/mol. The smallest absolute Gasteiger partial charge is 0.310 e. The molecule has 16 heavy (non-hydrogen) atoms. The molecule has 0 aliphatic carbocycles. The molecule has 0 saturated heterocycles. The number of nitrogens with zero attached hydrogens (tertiary/aromatic N) is 2. The van der Waals surface area contributed by atoms with E-state index in [1.54, 1.807) is 24.7 Å². The average molecular weight is 219 g/mol. The molecule has 0 fully saturated rings. The minimum atomic E-state index is -0.468. The largest absolute Gasteiger partial charge is 0.472 e. The molecule has 0 saturated carbocycles. The number of aromatic nitrogens is 1. The predicted octanol–water partition coefficient (Wildman–Crippen LogP) is 2.19. The Kier molecular flexibility index (Phi) is 2.81. The van der Waals surface area contributed by atoms with Crippen LogP contribution in [0.5, 0.6) is 0 Å². The van der Waals surface area contributed by atoms with Crippen molar-refractivity contribution in [3.63, 3.8) is 0 Å². The highest BCUT2D eigenvalue weighted by Crippen LogP contribution is 2.22. The molecular formula is C10H9N3O3. The van der Waals surface area contributed by atoms with Crippen LogP contribution in [0.4, 0.5) is 11.4 Å². The second kappa shape index (κ2) is 4.43. The molecule has 0 aromatic carbocycles. The quantitative estimate of drug-likeness (QED) is 0.629. The van der Waals surface area contributed by atoms with Gasteiger partial charge in [0.05, 0.1) is 17.4 Å². The van der Waals surface area contributed by atoms with E-state index in [9.17, 15) is 10.1 Å². The van der Waals surface area contributed by atoms with E-state index in [4.69, 9.17) is 4.42 Å². The second-order valence-corrected chi connectivity index (χ2v) is 3.14. The summed E-state index contributed by atoms with van der Waals surface area (Å²) in [4.78, 5) is 13.9. The number of nitro groups is 1. The second-order valence-electron chi connectivity index (χ2n) is 3.14. The highest BCUT2D eigenvalue weighted by molar-refractivity contribution is 5.59.